The van der Waals surface area contributed by atoms with E-state index in [0.29, 0.717) is 5.69 Å². The summed E-state index contributed by atoms with van der Waals surface area (Å²) in [6, 6.07) is 15.8. The van der Waals surface area contributed by atoms with Crippen LogP contribution in [0.3, 0.4) is 0 Å². The van der Waals surface area contributed by atoms with Gasteiger partial charge < -0.3 is 5.32 Å². The number of hydrogen-bond donors (Lipinski definition) is 1. The van der Waals surface area contributed by atoms with Gasteiger partial charge in [-0.15, -0.1) is 0 Å². The van der Waals surface area contributed by atoms with Crippen molar-refractivity contribution in [2.75, 3.05) is 19.4 Å². The van der Waals surface area contributed by atoms with Crippen LogP contribution in [0.25, 0.3) is 0 Å². The minimum Gasteiger partial charge on any atom is -0.322 e. The fraction of sp³-hybridized carbons (Fsp3) is 0.118. The van der Waals surface area contributed by atoms with E-state index in [4.69, 9.17) is 0 Å². The Balaban J connectivity index is 1.95. The zero-order chi connectivity index (χ0) is 17.6. The van der Waals surface area contributed by atoms with Gasteiger partial charge in [0, 0.05) is 30.8 Å². The molecule has 1 amide bonds. The molecule has 0 bridgehead atoms. The van der Waals surface area contributed by atoms with Gasteiger partial charge in [0.25, 0.3) is 0 Å². The van der Waals surface area contributed by atoms with Crippen LogP contribution < -0.4 is 5.32 Å². The summed E-state index contributed by atoms with van der Waals surface area (Å²) >= 11 is 1.44. The SMILES string of the molecule is CN(C)S(=O)(=O)c1ccc(NC(=O)/C=C/Sc2ccccc2)cc1. The lowest BCUT2D eigenvalue weighted by molar-refractivity contribution is -0.111. The first-order chi connectivity index (χ1) is 11.4. The fourth-order valence-corrected chi connectivity index (χ4v) is 3.34. The van der Waals surface area contributed by atoms with Gasteiger partial charge in [0.05, 0.1) is 4.90 Å². The molecule has 126 valence electrons. The Morgan fingerprint density at radius 3 is 2.25 bits per heavy atom. The van der Waals surface area contributed by atoms with Crippen molar-refractivity contribution in [3.63, 3.8) is 0 Å². The van der Waals surface area contributed by atoms with Crippen LogP contribution in [0.4, 0.5) is 5.69 Å². The van der Waals surface area contributed by atoms with Gasteiger partial charge in [-0.1, -0.05) is 30.0 Å². The molecule has 5 nitrogen and oxygen atoms in total. The van der Waals surface area contributed by atoms with Crippen LogP contribution in [0.15, 0.2) is 75.9 Å². The third kappa shape index (κ3) is 4.95. The molecule has 0 aliphatic carbocycles. The monoisotopic (exact) mass is 362 g/mol. The van der Waals surface area contributed by atoms with Crippen molar-refractivity contribution in [2.24, 2.45) is 0 Å². The van der Waals surface area contributed by atoms with Gasteiger partial charge in [0.1, 0.15) is 0 Å². The highest BCUT2D eigenvalue weighted by Crippen LogP contribution is 2.19. The summed E-state index contributed by atoms with van der Waals surface area (Å²) in [6.45, 7) is 0. The number of nitrogens with one attached hydrogen (secondary N) is 1. The number of carbonyl (C=O) groups is 1. The maximum Gasteiger partial charge on any atom is 0.248 e. The third-order valence-corrected chi connectivity index (χ3v) is 5.71. The average molecular weight is 362 g/mol. The van der Waals surface area contributed by atoms with Gasteiger partial charge >= 0.3 is 0 Å². The first-order valence-corrected chi connectivity index (χ1v) is 9.43. The zero-order valence-electron chi connectivity index (χ0n) is 13.3. The molecule has 0 unspecified atom stereocenters. The predicted octanol–water partition coefficient (Wildman–Crippen LogP) is 3.18. The number of benzene rings is 2. The van der Waals surface area contributed by atoms with Crippen LogP contribution >= 0.6 is 11.8 Å². The third-order valence-electron chi connectivity index (χ3n) is 3.07. The van der Waals surface area contributed by atoms with Crippen molar-refractivity contribution in [1.29, 1.82) is 0 Å². The molecule has 0 spiro atoms. The van der Waals surface area contributed by atoms with Crippen molar-refractivity contribution < 1.29 is 13.2 Å². The van der Waals surface area contributed by atoms with Crippen LogP contribution in [0.1, 0.15) is 0 Å². The summed E-state index contributed by atoms with van der Waals surface area (Å²) in [6.07, 6.45) is 1.43. The first-order valence-electron chi connectivity index (χ1n) is 7.11. The van der Waals surface area contributed by atoms with E-state index in [0.717, 1.165) is 9.20 Å². The maximum atomic E-state index is 12.0. The molecule has 0 saturated heterocycles. The minimum atomic E-state index is -3.46. The number of rotatable bonds is 6. The Morgan fingerprint density at radius 2 is 1.67 bits per heavy atom. The number of sulfonamides is 1. The van der Waals surface area contributed by atoms with Gasteiger partial charge in [-0.2, -0.15) is 0 Å². The van der Waals surface area contributed by atoms with Crippen LogP contribution in [0, 0.1) is 0 Å². The predicted molar refractivity (Wildman–Crippen MR) is 97.4 cm³/mol. The molecule has 2 aromatic carbocycles. The number of carbonyl (C=O) groups excluding carboxylic acids is 1. The molecule has 2 aromatic rings. The Hall–Kier alpha value is -2.09. The largest absolute Gasteiger partial charge is 0.322 e. The van der Waals surface area contributed by atoms with E-state index in [-0.39, 0.29) is 10.8 Å². The molecule has 7 heteroatoms. The lowest BCUT2D eigenvalue weighted by atomic mass is 10.3. The molecule has 0 fully saturated rings. The lowest BCUT2D eigenvalue weighted by Gasteiger charge is -2.11. The van der Waals surface area contributed by atoms with Gasteiger partial charge in [-0.3, -0.25) is 4.79 Å². The smallest absolute Gasteiger partial charge is 0.248 e. The van der Waals surface area contributed by atoms with Crippen molar-refractivity contribution in [2.45, 2.75) is 9.79 Å². The summed E-state index contributed by atoms with van der Waals surface area (Å²) in [5, 5.41) is 4.39. The molecular weight excluding hydrogens is 344 g/mol. The average Bonchev–Trinajstić information content (AvgIpc) is 2.56. The molecule has 0 saturated carbocycles. The number of thioether (sulfide) groups is 1. The molecule has 24 heavy (non-hydrogen) atoms. The number of anilines is 1. The number of nitrogens with zero attached hydrogens (tertiary/aromatic N) is 1. The Morgan fingerprint density at radius 1 is 1.04 bits per heavy atom. The van der Waals surface area contributed by atoms with Crippen LogP contribution in [0.5, 0.6) is 0 Å². The molecule has 0 aromatic heterocycles. The van der Waals surface area contributed by atoms with E-state index >= 15 is 0 Å². The van der Waals surface area contributed by atoms with Crippen molar-refractivity contribution in [3.8, 4) is 0 Å². The van der Waals surface area contributed by atoms with Crippen LogP contribution in [-0.4, -0.2) is 32.7 Å². The fourth-order valence-electron chi connectivity index (χ4n) is 1.78. The molecule has 0 atom stereocenters. The minimum absolute atomic E-state index is 0.181. The Kier molecular flexibility index (Phi) is 6.19. The highest BCUT2D eigenvalue weighted by Gasteiger charge is 2.16. The van der Waals surface area contributed by atoms with Crippen LogP contribution in [-0.2, 0) is 14.8 Å². The van der Waals surface area contributed by atoms with E-state index in [9.17, 15) is 13.2 Å². The van der Waals surface area contributed by atoms with E-state index in [2.05, 4.69) is 5.32 Å². The molecule has 0 aliphatic heterocycles. The van der Waals surface area contributed by atoms with Crippen LogP contribution in [0.2, 0.25) is 0 Å². The second-order valence-corrected chi connectivity index (χ2v) is 8.17. The Bertz CT molecular complexity index is 815. The number of hydrogen-bond acceptors (Lipinski definition) is 4. The van der Waals surface area contributed by atoms with Gasteiger partial charge in [-0.05, 0) is 41.8 Å². The topological polar surface area (TPSA) is 66.5 Å². The maximum absolute atomic E-state index is 12.0. The summed E-state index contributed by atoms with van der Waals surface area (Å²) in [5.74, 6) is -0.276. The van der Waals surface area contributed by atoms with E-state index in [1.807, 2.05) is 30.3 Å². The zero-order valence-corrected chi connectivity index (χ0v) is 15.0. The van der Waals surface area contributed by atoms with Crippen molar-refractivity contribution >= 4 is 33.4 Å². The summed E-state index contributed by atoms with van der Waals surface area (Å²) in [7, 11) is -0.519. The molecular formula is C17H18N2O3S2. The second-order valence-electron chi connectivity index (χ2n) is 5.03. The second kappa shape index (κ2) is 8.14. The standard InChI is InChI=1S/C17H18N2O3S2/c1-19(2)24(21,22)16-10-8-14(9-11-16)18-17(20)12-13-23-15-6-4-3-5-7-15/h3-13H,1-2H3,(H,18,20)/b13-12+. The molecule has 0 radical (unpaired) electrons. The number of amides is 1. The van der Waals surface area contributed by atoms with E-state index in [1.54, 1.807) is 17.5 Å². The summed E-state index contributed by atoms with van der Waals surface area (Å²) in [5.41, 5.74) is 0.534. The van der Waals surface area contributed by atoms with Gasteiger partial charge in [0.15, 0.2) is 0 Å². The molecule has 0 heterocycles. The van der Waals surface area contributed by atoms with Crippen molar-refractivity contribution in [1.82, 2.24) is 4.31 Å². The highest BCUT2D eigenvalue weighted by atomic mass is 32.2. The first kappa shape index (κ1) is 18.3. The van der Waals surface area contributed by atoms with E-state index in [1.165, 1.54) is 44.1 Å². The normalized spacial score (nSPS) is 11.8. The molecule has 0 aliphatic rings. The molecule has 1 N–H and O–H groups in total. The lowest BCUT2D eigenvalue weighted by Crippen LogP contribution is -2.22. The molecule has 2 rings (SSSR count). The van der Waals surface area contributed by atoms with Gasteiger partial charge in [0.2, 0.25) is 15.9 Å². The quantitative estimate of drug-likeness (QED) is 0.633. The van der Waals surface area contributed by atoms with E-state index < -0.39 is 10.0 Å². The summed E-state index contributed by atoms with van der Waals surface area (Å²) < 4.78 is 25.1. The highest BCUT2D eigenvalue weighted by molar-refractivity contribution is 8.02. The Labute approximate surface area is 146 Å². The van der Waals surface area contributed by atoms with Gasteiger partial charge in [-0.25, -0.2) is 12.7 Å². The summed E-state index contributed by atoms with van der Waals surface area (Å²) in [4.78, 5) is 13.1. The van der Waals surface area contributed by atoms with Crippen molar-refractivity contribution in [3.05, 3.63) is 66.1 Å².